The van der Waals surface area contributed by atoms with Gasteiger partial charge in [0.05, 0.1) is 12.2 Å². The van der Waals surface area contributed by atoms with Gasteiger partial charge in [-0.05, 0) is 24.5 Å². The second-order valence-electron chi connectivity index (χ2n) is 4.65. The van der Waals surface area contributed by atoms with E-state index < -0.39 is 0 Å². The van der Waals surface area contributed by atoms with Gasteiger partial charge in [-0.2, -0.15) is 11.8 Å². The largest absolute Gasteiger partial charge is 0.462 e. The van der Waals surface area contributed by atoms with E-state index in [2.05, 4.69) is 5.32 Å². The summed E-state index contributed by atoms with van der Waals surface area (Å²) in [6.07, 6.45) is 1.96. The average molecular weight is 293 g/mol. The predicted molar refractivity (Wildman–Crippen MR) is 79.7 cm³/mol. The fourth-order valence-corrected chi connectivity index (χ4v) is 2.87. The summed E-state index contributed by atoms with van der Waals surface area (Å²) in [5.74, 6) is 1.41. The van der Waals surface area contributed by atoms with E-state index in [9.17, 15) is 9.59 Å². The van der Waals surface area contributed by atoms with Crippen molar-refractivity contribution in [2.24, 2.45) is 0 Å². The van der Waals surface area contributed by atoms with Crippen LogP contribution >= 0.6 is 11.8 Å². The van der Waals surface area contributed by atoms with Crippen LogP contribution in [-0.4, -0.2) is 30.8 Å². The van der Waals surface area contributed by atoms with E-state index in [-0.39, 0.29) is 11.9 Å². The molecule has 0 radical (unpaired) electrons. The number of nitrogens with one attached hydrogen (secondary N) is 1. The maximum Gasteiger partial charge on any atom is 0.338 e. The van der Waals surface area contributed by atoms with E-state index in [1.807, 2.05) is 24.3 Å². The van der Waals surface area contributed by atoms with Crippen molar-refractivity contribution in [1.82, 2.24) is 5.32 Å². The van der Waals surface area contributed by atoms with Crippen molar-refractivity contribution < 1.29 is 14.3 Å². The third kappa shape index (κ3) is 4.56. The van der Waals surface area contributed by atoms with Crippen LogP contribution in [0.25, 0.3) is 0 Å². The normalized spacial score (nSPS) is 18.4. The average Bonchev–Trinajstić information content (AvgIpc) is 2.46. The highest BCUT2D eigenvalue weighted by atomic mass is 32.2. The Bertz CT molecular complexity index is 476. The van der Waals surface area contributed by atoms with Gasteiger partial charge in [-0.1, -0.05) is 18.2 Å². The number of carbonyl (C=O) groups excluding carboxylic acids is 2. The van der Waals surface area contributed by atoms with Gasteiger partial charge in [-0.15, -0.1) is 0 Å². The van der Waals surface area contributed by atoms with Crippen molar-refractivity contribution in [2.45, 2.75) is 25.0 Å². The number of rotatable bonds is 0. The van der Waals surface area contributed by atoms with Gasteiger partial charge in [0.2, 0.25) is 5.91 Å². The zero-order valence-electron chi connectivity index (χ0n) is 11.4. The van der Waals surface area contributed by atoms with Crippen LogP contribution in [0.5, 0.6) is 0 Å². The van der Waals surface area contributed by atoms with E-state index in [0.29, 0.717) is 25.1 Å². The van der Waals surface area contributed by atoms with Crippen LogP contribution in [0.4, 0.5) is 0 Å². The lowest BCUT2D eigenvalue weighted by Crippen LogP contribution is -2.25. The quantitative estimate of drug-likeness (QED) is 0.746. The number of amides is 1. The second kappa shape index (κ2) is 7.94. The lowest BCUT2D eigenvalue weighted by molar-refractivity contribution is -0.121. The number of esters is 1. The zero-order valence-corrected chi connectivity index (χ0v) is 12.2. The Balaban J connectivity index is 2.04. The molecular weight excluding hydrogens is 274 g/mol. The smallest absolute Gasteiger partial charge is 0.338 e. The van der Waals surface area contributed by atoms with Gasteiger partial charge in [0.25, 0.3) is 0 Å². The summed E-state index contributed by atoms with van der Waals surface area (Å²) in [5, 5.41) is 2.90. The Labute approximate surface area is 123 Å². The summed E-state index contributed by atoms with van der Waals surface area (Å²) in [4.78, 5) is 23.5. The van der Waals surface area contributed by atoms with Crippen molar-refractivity contribution in [1.29, 1.82) is 0 Å². The first-order chi connectivity index (χ1) is 9.77. The summed E-state index contributed by atoms with van der Waals surface area (Å²) in [5.41, 5.74) is 1.65. The molecule has 0 saturated carbocycles. The monoisotopic (exact) mass is 293 g/mol. The molecule has 0 spiro atoms. The van der Waals surface area contributed by atoms with E-state index in [0.717, 1.165) is 29.9 Å². The molecule has 1 N–H and O–H groups in total. The van der Waals surface area contributed by atoms with Gasteiger partial charge >= 0.3 is 5.97 Å². The van der Waals surface area contributed by atoms with Crippen molar-refractivity contribution in [3.63, 3.8) is 0 Å². The number of cyclic esters (lactones) is 1. The molecule has 0 aliphatic carbocycles. The fraction of sp³-hybridized carbons (Fsp3) is 0.467. The molecule has 0 saturated heterocycles. The van der Waals surface area contributed by atoms with Gasteiger partial charge in [0.1, 0.15) is 0 Å². The molecule has 0 atom stereocenters. The van der Waals surface area contributed by atoms with Gasteiger partial charge in [-0.3, -0.25) is 4.79 Å². The van der Waals surface area contributed by atoms with E-state index >= 15 is 0 Å². The molecule has 1 heterocycles. The number of ether oxygens (including phenoxy) is 1. The van der Waals surface area contributed by atoms with Gasteiger partial charge in [0.15, 0.2) is 0 Å². The third-order valence-corrected chi connectivity index (χ3v) is 4.10. The number of thioether (sulfide) groups is 1. The molecule has 1 aromatic carbocycles. The van der Waals surface area contributed by atoms with Gasteiger partial charge in [0, 0.05) is 24.5 Å². The lowest BCUT2D eigenvalue weighted by Gasteiger charge is -2.11. The maximum absolute atomic E-state index is 12.0. The molecule has 2 rings (SSSR count). The highest BCUT2D eigenvalue weighted by Crippen LogP contribution is 2.17. The molecule has 0 fully saturated rings. The number of hydrogen-bond acceptors (Lipinski definition) is 4. The van der Waals surface area contributed by atoms with Crippen LogP contribution in [0, 0.1) is 0 Å². The lowest BCUT2D eigenvalue weighted by atomic mass is 10.1. The highest BCUT2D eigenvalue weighted by Gasteiger charge is 2.12. The van der Waals surface area contributed by atoms with E-state index in [1.165, 1.54) is 0 Å². The minimum Gasteiger partial charge on any atom is -0.462 e. The third-order valence-electron chi connectivity index (χ3n) is 3.09. The molecule has 108 valence electrons. The van der Waals surface area contributed by atoms with Crippen LogP contribution < -0.4 is 5.32 Å². The maximum atomic E-state index is 12.0. The highest BCUT2D eigenvalue weighted by molar-refractivity contribution is 7.98. The molecule has 0 bridgehead atoms. The molecule has 1 aliphatic rings. The first-order valence-corrected chi connectivity index (χ1v) is 8.02. The number of benzene rings is 1. The van der Waals surface area contributed by atoms with Crippen LogP contribution in [0.15, 0.2) is 24.3 Å². The Hall–Kier alpha value is -1.49. The second-order valence-corrected chi connectivity index (χ2v) is 5.76. The summed E-state index contributed by atoms with van der Waals surface area (Å²) in [6, 6.07) is 7.55. The molecule has 4 nitrogen and oxygen atoms in total. The number of fused-ring (bicyclic) bond motifs is 1. The molecule has 0 aromatic heterocycles. The molecule has 1 aromatic rings. The minimum atomic E-state index is -0.261. The Morgan fingerprint density at radius 3 is 2.90 bits per heavy atom. The summed E-state index contributed by atoms with van der Waals surface area (Å²) in [6.45, 7) is 1.05. The van der Waals surface area contributed by atoms with Crippen LogP contribution in [0.3, 0.4) is 0 Å². The summed E-state index contributed by atoms with van der Waals surface area (Å²) in [7, 11) is 0. The summed E-state index contributed by atoms with van der Waals surface area (Å²) >= 11 is 1.70. The SMILES string of the molecule is O=C1CCCCOC(=O)c2ccccc2CSCCN1. The first-order valence-electron chi connectivity index (χ1n) is 6.87. The van der Waals surface area contributed by atoms with Gasteiger partial charge < -0.3 is 10.1 Å². The fourth-order valence-electron chi connectivity index (χ4n) is 2.01. The molecule has 0 unspecified atom stereocenters. The van der Waals surface area contributed by atoms with Crippen molar-refractivity contribution >= 4 is 23.6 Å². The topological polar surface area (TPSA) is 55.4 Å². The van der Waals surface area contributed by atoms with Crippen LogP contribution in [0.1, 0.15) is 35.2 Å². The number of hydrogen-bond donors (Lipinski definition) is 1. The molecule has 1 amide bonds. The Kier molecular flexibility index (Phi) is 5.92. The molecule has 5 heteroatoms. The van der Waals surface area contributed by atoms with Crippen molar-refractivity contribution in [3.05, 3.63) is 35.4 Å². The van der Waals surface area contributed by atoms with Crippen LogP contribution in [-0.2, 0) is 15.3 Å². The van der Waals surface area contributed by atoms with Crippen LogP contribution in [0.2, 0.25) is 0 Å². The summed E-state index contributed by atoms with van der Waals surface area (Å²) < 4.78 is 5.27. The Morgan fingerprint density at radius 2 is 2.00 bits per heavy atom. The zero-order chi connectivity index (χ0) is 14.2. The predicted octanol–water partition coefficient (Wildman–Crippen LogP) is 2.38. The van der Waals surface area contributed by atoms with E-state index in [4.69, 9.17) is 4.74 Å². The molecule has 1 aliphatic heterocycles. The molecular formula is C15H19NO3S. The first kappa shape index (κ1) is 14.9. The van der Waals surface area contributed by atoms with Crippen molar-refractivity contribution in [3.8, 4) is 0 Å². The van der Waals surface area contributed by atoms with Crippen molar-refractivity contribution in [2.75, 3.05) is 18.9 Å². The van der Waals surface area contributed by atoms with E-state index in [1.54, 1.807) is 11.8 Å². The standard InChI is InChI=1S/C15H19NO3S/c17-14-7-3-4-9-19-15(18)13-6-2-1-5-12(13)11-20-10-8-16-14/h1-2,5-6H,3-4,7-11H2,(H,16,17). The Morgan fingerprint density at radius 1 is 1.15 bits per heavy atom. The minimum absolute atomic E-state index is 0.0781. The molecule has 20 heavy (non-hydrogen) atoms. The van der Waals surface area contributed by atoms with Gasteiger partial charge in [-0.25, -0.2) is 4.79 Å². The number of carbonyl (C=O) groups is 2.